The Morgan fingerprint density at radius 3 is 2.53 bits per heavy atom. The molecule has 1 aliphatic heterocycles. The third-order valence-electron chi connectivity index (χ3n) is 5.77. The fraction of sp³-hybridized carbons (Fsp3) is 0.250. The van der Waals surface area contributed by atoms with Crippen LogP contribution in [0, 0.1) is 12.8 Å². The molecule has 1 fully saturated rings. The van der Waals surface area contributed by atoms with Crippen LogP contribution in [0.5, 0.6) is 5.75 Å². The summed E-state index contributed by atoms with van der Waals surface area (Å²) in [5.41, 5.74) is 2.85. The Kier molecular flexibility index (Phi) is 6.77. The van der Waals surface area contributed by atoms with Crippen molar-refractivity contribution in [3.05, 3.63) is 101 Å². The smallest absolute Gasteiger partial charge is 0.296 e. The number of benzene rings is 2. The summed E-state index contributed by atoms with van der Waals surface area (Å²) in [6.45, 7) is 6.71. The zero-order valence-corrected chi connectivity index (χ0v) is 19.6. The predicted octanol–water partition coefficient (Wildman–Crippen LogP) is 5.05. The van der Waals surface area contributed by atoms with E-state index in [2.05, 4.69) is 18.8 Å². The molecule has 6 heteroatoms. The lowest BCUT2D eigenvalue weighted by Crippen LogP contribution is -2.29. The van der Waals surface area contributed by atoms with Crippen molar-refractivity contribution in [2.75, 3.05) is 6.61 Å². The topological polar surface area (TPSA) is 79.7 Å². The Hall–Kier alpha value is -3.93. The van der Waals surface area contributed by atoms with Crippen molar-refractivity contribution < 1.29 is 19.4 Å². The molecule has 1 atom stereocenters. The molecule has 0 aliphatic carbocycles. The number of likely N-dealkylation sites (tertiary alicyclic amines) is 1. The number of pyridine rings is 1. The van der Waals surface area contributed by atoms with Crippen molar-refractivity contribution in [3.8, 4) is 5.75 Å². The van der Waals surface area contributed by atoms with E-state index < -0.39 is 17.7 Å². The zero-order valence-electron chi connectivity index (χ0n) is 19.6. The second-order valence-electron chi connectivity index (χ2n) is 8.84. The number of carbonyl (C=O) groups excluding carboxylic acids is 2. The number of amides is 1. The van der Waals surface area contributed by atoms with E-state index in [1.54, 1.807) is 36.5 Å². The van der Waals surface area contributed by atoms with Crippen molar-refractivity contribution >= 4 is 17.4 Å². The molecule has 2 heterocycles. The number of aromatic nitrogens is 1. The Morgan fingerprint density at radius 1 is 1.06 bits per heavy atom. The third-order valence-corrected chi connectivity index (χ3v) is 5.77. The monoisotopic (exact) mass is 456 g/mol. The molecule has 1 aromatic heterocycles. The van der Waals surface area contributed by atoms with Gasteiger partial charge < -0.3 is 14.7 Å². The zero-order chi connectivity index (χ0) is 24.2. The van der Waals surface area contributed by atoms with Gasteiger partial charge in [0.2, 0.25) is 0 Å². The van der Waals surface area contributed by atoms with Crippen LogP contribution in [0.2, 0.25) is 0 Å². The summed E-state index contributed by atoms with van der Waals surface area (Å²) < 4.78 is 5.80. The van der Waals surface area contributed by atoms with Crippen LogP contribution in [0.4, 0.5) is 0 Å². The maximum absolute atomic E-state index is 13.3. The highest BCUT2D eigenvalue weighted by Gasteiger charge is 2.46. The number of Topliss-reactive ketones (excluding diaryl/α,β-unsaturated/α-hetero) is 1. The number of hydrogen-bond acceptors (Lipinski definition) is 5. The van der Waals surface area contributed by atoms with Crippen LogP contribution >= 0.6 is 0 Å². The van der Waals surface area contributed by atoms with Crippen LogP contribution in [0.15, 0.2) is 78.5 Å². The number of ketones is 1. The molecule has 0 spiro atoms. The van der Waals surface area contributed by atoms with E-state index in [0.717, 1.165) is 11.1 Å². The molecular weight excluding hydrogens is 428 g/mol. The van der Waals surface area contributed by atoms with Crippen LogP contribution in [0.25, 0.3) is 5.76 Å². The van der Waals surface area contributed by atoms with Gasteiger partial charge >= 0.3 is 0 Å². The maximum atomic E-state index is 13.3. The molecular formula is C28H28N2O4. The maximum Gasteiger partial charge on any atom is 0.296 e. The van der Waals surface area contributed by atoms with Crippen LogP contribution < -0.4 is 4.74 Å². The van der Waals surface area contributed by atoms with E-state index in [0.29, 0.717) is 29.5 Å². The Morgan fingerprint density at radius 2 is 1.82 bits per heavy atom. The lowest BCUT2D eigenvalue weighted by molar-refractivity contribution is -0.140. The van der Waals surface area contributed by atoms with E-state index in [-0.39, 0.29) is 17.9 Å². The van der Waals surface area contributed by atoms with Gasteiger partial charge in [0.05, 0.1) is 30.5 Å². The van der Waals surface area contributed by atoms with E-state index in [9.17, 15) is 14.7 Å². The summed E-state index contributed by atoms with van der Waals surface area (Å²) in [5.74, 6) is -0.656. The molecule has 3 aromatic rings. The van der Waals surface area contributed by atoms with E-state index >= 15 is 0 Å². The molecule has 1 amide bonds. The number of aliphatic hydroxyl groups excluding tert-OH is 1. The second-order valence-corrected chi connectivity index (χ2v) is 8.84. The molecule has 1 saturated heterocycles. The van der Waals surface area contributed by atoms with Gasteiger partial charge in [-0.15, -0.1) is 0 Å². The van der Waals surface area contributed by atoms with Crippen molar-refractivity contribution in [3.63, 3.8) is 0 Å². The minimum Gasteiger partial charge on any atom is -0.507 e. The minimum absolute atomic E-state index is 0.0660. The molecule has 0 bridgehead atoms. The first-order valence-corrected chi connectivity index (χ1v) is 11.3. The van der Waals surface area contributed by atoms with E-state index in [1.807, 2.05) is 43.3 Å². The minimum atomic E-state index is -0.733. The standard InChI is InChI=1S/C28H28N2O4/c1-18(2)17-34-22-12-8-10-20(15-22)26(31)24-25(23-13-5-4-9-19(23)3)30(28(33)27(24)32)16-21-11-6-7-14-29-21/h4-15,18,25,31H,16-17H2,1-3H3/b26-24+. The Balaban J connectivity index is 1.82. The molecule has 1 aliphatic rings. The molecule has 1 N–H and O–H groups in total. The highest BCUT2D eigenvalue weighted by molar-refractivity contribution is 6.46. The van der Waals surface area contributed by atoms with Gasteiger partial charge in [0, 0.05) is 11.8 Å². The SMILES string of the molecule is Cc1ccccc1C1/C(=C(\O)c2cccc(OCC(C)C)c2)C(=O)C(=O)N1Cc1ccccn1. The van der Waals surface area contributed by atoms with Gasteiger partial charge in [-0.25, -0.2) is 0 Å². The fourth-order valence-corrected chi connectivity index (χ4v) is 4.08. The summed E-state index contributed by atoms with van der Waals surface area (Å²) in [6.07, 6.45) is 1.65. The molecule has 174 valence electrons. The first-order chi connectivity index (χ1) is 16.4. The number of hydrogen-bond donors (Lipinski definition) is 1. The number of aliphatic hydroxyl groups is 1. The highest BCUT2D eigenvalue weighted by Crippen LogP contribution is 2.41. The molecule has 2 aromatic carbocycles. The number of rotatable bonds is 7. The number of ether oxygens (including phenoxy) is 1. The number of aryl methyl sites for hydroxylation is 1. The molecule has 34 heavy (non-hydrogen) atoms. The first kappa shape index (κ1) is 23.2. The molecule has 6 nitrogen and oxygen atoms in total. The average molecular weight is 457 g/mol. The lowest BCUT2D eigenvalue weighted by atomic mass is 9.92. The first-order valence-electron chi connectivity index (χ1n) is 11.3. The average Bonchev–Trinajstić information content (AvgIpc) is 3.08. The highest BCUT2D eigenvalue weighted by atomic mass is 16.5. The van der Waals surface area contributed by atoms with Crippen molar-refractivity contribution in [2.24, 2.45) is 5.92 Å². The number of carbonyl (C=O) groups is 2. The molecule has 4 rings (SSSR count). The largest absolute Gasteiger partial charge is 0.507 e. The number of nitrogens with zero attached hydrogens (tertiary/aromatic N) is 2. The third kappa shape index (κ3) is 4.71. The van der Waals surface area contributed by atoms with Gasteiger partial charge in [-0.05, 0) is 48.2 Å². The quantitative estimate of drug-likeness (QED) is 0.306. The van der Waals surface area contributed by atoms with Gasteiger partial charge in [0.1, 0.15) is 11.5 Å². The normalized spacial score (nSPS) is 17.4. The van der Waals surface area contributed by atoms with Gasteiger partial charge in [-0.2, -0.15) is 0 Å². The van der Waals surface area contributed by atoms with Gasteiger partial charge in [-0.3, -0.25) is 14.6 Å². The summed E-state index contributed by atoms with van der Waals surface area (Å²) in [5, 5.41) is 11.3. The van der Waals surface area contributed by atoms with Gasteiger partial charge in [0.15, 0.2) is 0 Å². The van der Waals surface area contributed by atoms with Crippen LogP contribution in [0.3, 0.4) is 0 Å². The summed E-state index contributed by atoms with van der Waals surface area (Å²) in [6, 6.07) is 19.3. The van der Waals surface area contributed by atoms with E-state index in [1.165, 1.54) is 4.90 Å². The Labute approximate surface area is 199 Å². The van der Waals surface area contributed by atoms with Crippen LogP contribution in [-0.2, 0) is 16.1 Å². The van der Waals surface area contributed by atoms with E-state index in [4.69, 9.17) is 4.74 Å². The molecule has 0 saturated carbocycles. The summed E-state index contributed by atoms with van der Waals surface area (Å²) >= 11 is 0. The Bertz CT molecular complexity index is 1230. The van der Waals surface area contributed by atoms with Crippen molar-refractivity contribution in [1.29, 1.82) is 0 Å². The molecule has 1 unspecified atom stereocenters. The van der Waals surface area contributed by atoms with Crippen LogP contribution in [0.1, 0.15) is 42.3 Å². The second kappa shape index (κ2) is 9.91. The van der Waals surface area contributed by atoms with Crippen molar-refractivity contribution in [1.82, 2.24) is 9.88 Å². The van der Waals surface area contributed by atoms with Gasteiger partial charge in [-0.1, -0.05) is 56.3 Å². The summed E-state index contributed by atoms with van der Waals surface area (Å²) in [7, 11) is 0. The predicted molar refractivity (Wildman–Crippen MR) is 130 cm³/mol. The van der Waals surface area contributed by atoms with Crippen molar-refractivity contribution in [2.45, 2.75) is 33.4 Å². The van der Waals surface area contributed by atoms with Crippen LogP contribution in [-0.4, -0.2) is 33.3 Å². The fourth-order valence-electron chi connectivity index (χ4n) is 4.08. The lowest BCUT2D eigenvalue weighted by Gasteiger charge is -2.26. The summed E-state index contributed by atoms with van der Waals surface area (Å²) in [4.78, 5) is 32.2. The molecule has 0 radical (unpaired) electrons. The van der Waals surface area contributed by atoms with Gasteiger partial charge in [0.25, 0.3) is 11.7 Å².